The minimum Gasteiger partial charge on any atom is -0.389 e. The van der Waals surface area contributed by atoms with Crippen LogP contribution in [0.1, 0.15) is 43.9 Å². The lowest BCUT2D eigenvalue weighted by atomic mass is 9.84. The van der Waals surface area contributed by atoms with E-state index in [0.29, 0.717) is 6.04 Å². The third-order valence-electron chi connectivity index (χ3n) is 4.16. The number of hydrogen-bond acceptors (Lipinski definition) is 3. The van der Waals surface area contributed by atoms with Crippen molar-refractivity contribution in [1.29, 1.82) is 0 Å². The van der Waals surface area contributed by atoms with Crippen molar-refractivity contribution < 1.29 is 5.11 Å². The van der Waals surface area contributed by atoms with Gasteiger partial charge in [-0.15, -0.1) is 11.3 Å². The van der Waals surface area contributed by atoms with Crippen LogP contribution in [0.15, 0.2) is 17.5 Å². The van der Waals surface area contributed by atoms with Crippen molar-refractivity contribution in [3.05, 3.63) is 22.4 Å². The molecule has 0 bridgehead atoms. The van der Waals surface area contributed by atoms with Gasteiger partial charge in [0, 0.05) is 17.5 Å². The Morgan fingerprint density at radius 3 is 2.72 bits per heavy atom. The lowest BCUT2D eigenvalue weighted by molar-refractivity contribution is -0.0277. The van der Waals surface area contributed by atoms with Crippen molar-refractivity contribution in [3.8, 4) is 0 Å². The summed E-state index contributed by atoms with van der Waals surface area (Å²) in [6.45, 7) is 3.07. The molecule has 1 aromatic heterocycles. The van der Waals surface area contributed by atoms with Crippen molar-refractivity contribution in [2.24, 2.45) is 0 Å². The number of thiophene rings is 1. The van der Waals surface area contributed by atoms with Crippen molar-refractivity contribution >= 4 is 11.3 Å². The monoisotopic (exact) mass is 267 g/mol. The van der Waals surface area contributed by atoms with Crippen LogP contribution in [0, 0.1) is 0 Å². The van der Waals surface area contributed by atoms with Crippen LogP contribution < -0.4 is 0 Å². The lowest BCUT2D eigenvalue weighted by Gasteiger charge is -2.37. The van der Waals surface area contributed by atoms with Gasteiger partial charge in [0.05, 0.1) is 5.60 Å². The van der Waals surface area contributed by atoms with Crippen LogP contribution in [0.3, 0.4) is 0 Å². The van der Waals surface area contributed by atoms with Gasteiger partial charge in [0.1, 0.15) is 0 Å². The fourth-order valence-corrected chi connectivity index (χ4v) is 3.69. The topological polar surface area (TPSA) is 23.5 Å². The Bertz CT molecular complexity index is 343. The molecule has 1 aromatic rings. The van der Waals surface area contributed by atoms with E-state index in [4.69, 9.17) is 0 Å². The molecule has 0 radical (unpaired) electrons. The molecule has 0 aliphatic heterocycles. The van der Waals surface area contributed by atoms with Gasteiger partial charge >= 0.3 is 0 Å². The van der Waals surface area contributed by atoms with Crippen molar-refractivity contribution in [3.63, 3.8) is 0 Å². The maximum Gasteiger partial charge on any atom is 0.0774 e. The Labute approximate surface area is 115 Å². The molecule has 3 heteroatoms. The van der Waals surface area contributed by atoms with Gasteiger partial charge in [-0.05, 0) is 44.7 Å². The maximum absolute atomic E-state index is 10.6. The first kappa shape index (κ1) is 14.0. The van der Waals surface area contributed by atoms with Crippen molar-refractivity contribution in [2.45, 2.75) is 57.1 Å². The fraction of sp³-hybridized carbons (Fsp3) is 0.733. The van der Waals surface area contributed by atoms with Crippen LogP contribution in [0.4, 0.5) is 0 Å². The molecule has 1 saturated carbocycles. The van der Waals surface area contributed by atoms with Crippen LogP contribution in [0.25, 0.3) is 0 Å². The predicted molar refractivity (Wildman–Crippen MR) is 78.1 cm³/mol. The van der Waals surface area contributed by atoms with Gasteiger partial charge in [0.2, 0.25) is 0 Å². The Kier molecular flexibility index (Phi) is 4.82. The van der Waals surface area contributed by atoms with E-state index in [1.165, 1.54) is 24.1 Å². The number of aliphatic hydroxyl groups is 1. The van der Waals surface area contributed by atoms with Crippen LogP contribution in [-0.4, -0.2) is 35.2 Å². The van der Waals surface area contributed by atoms with Crippen molar-refractivity contribution in [2.75, 3.05) is 13.6 Å². The molecule has 2 rings (SSSR count). The van der Waals surface area contributed by atoms with Gasteiger partial charge in [-0.3, -0.25) is 0 Å². The normalized spacial score (nSPS) is 21.1. The minimum atomic E-state index is -0.434. The van der Waals surface area contributed by atoms with Gasteiger partial charge < -0.3 is 10.0 Å². The van der Waals surface area contributed by atoms with Crippen LogP contribution in [0.5, 0.6) is 0 Å². The Morgan fingerprint density at radius 1 is 1.39 bits per heavy atom. The van der Waals surface area contributed by atoms with E-state index in [1.54, 1.807) is 0 Å². The number of hydrogen-bond donors (Lipinski definition) is 1. The zero-order valence-electron chi connectivity index (χ0n) is 11.6. The number of likely N-dealkylation sites (N-methyl/N-ethyl adjacent to an activating group) is 1. The second kappa shape index (κ2) is 6.18. The van der Waals surface area contributed by atoms with Crippen molar-refractivity contribution in [1.82, 2.24) is 4.90 Å². The van der Waals surface area contributed by atoms with Gasteiger partial charge in [-0.25, -0.2) is 0 Å². The summed E-state index contributed by atoms with van der Waals surface area (Å²) in [5, 5.41) is 12.7. The molecule has 0 spiro atoms. The summed E-state index contributed by atoms with van der Waals surface area (Å²) in [4.78, 5) is 3.76. The molecule has 0 saturated heterocycles. The molecule has 102 valence electrons. The Balaban J connectivity index is 1.84. The Hall–Kier alpha value is -0.380. The van der Waals surface area contributed by atoms with Gasteiger partial charge in [0.25, 0.3) is 0 Å². The van der Waals surface area contributed by atoms with E-state index in [0.717, 1.165) is 25.8 Å². The molecule has 0 amide bonds. The first-order valence-electron chi connectivity index (χ1n) is 7.04. The molecule has 1 N–H and O–H groups in total. The zero-order chi connectivity index (χ0) is 13.0. The first-order valence-corrected chi connectivity index (χ1v) is 7.92. The van der Waals surface area contributed by atoms with Crippen LogP contribution in [0.2, 0.25) is 0 Å². The first-order chi connectivity index (χ1) is 8.59. The summed E-state index contributed by atoms with van der Waals surface area (Å²) >= 11 is 1.82. The third kappa shape index (κ3) is 3.81. The molecule has 1 atom stereocenters. The molecule has 1 unspecified atom stereocenters. The predicted octanol–water partition coefficient (Wildman–Crippen LogP) is 3.31. The van der Waals surface area contributed by atoms with E-state index < -0.39 is 5.60 Å². The summed E-state index contributed by atoms with van der Waals surface area (Å²) in [6, 6.07) is 4.81. The largest absolute Gasteiger partial charge is 0.389 e. The van der Waals surface area contributed by atoms with E-state index in [-0.39, 0.29) is 0 Å². The second-order valence-electron chi connectivity index (χ2n) is 5.83. The molecular weight excluding hydrogens is 242 g/mol. The number of rotatable bonds is 5. The molecule has 1 heterocycles. The molecule has 0 aromatic carbocycles. The molecule has 1 aliphatic rings. The van der Waals surface area contributed by atoms with Gasteiger partial charge in [0.15, 0.2) is 0 Å². The summed E-state index contributed by atoms with van der Waals surface area (Å²) in [6.07, 6.45) is 6.69. The van der Waals surface area contributed by atoms with E-state index >= 15 is 0 Å². The molecule has 1 aliphatic carbocycles. The highest BCUT2D eigenvalue weighted by Crippen LogP contribution is 2.29. The SMILES string of the molecule is CC(Cc1cccs1)N(C)CC1(O)CCCCC1. The lowest BCUT2D eigenvalue weighted by Crippen LogP contribution is -2.46. The summed E-state index contributed by atoms with van der Waals surface area (Å²) in [7, 11) is 2.14. The smallest absolute Gasteiger partial charge is 0.0774 e. The highest BCUT2D eigenvalue weighted by molar-refractivity contribution is 7.09. The Morgan fingerprint density at radius 2 is 2.11 bits per heavy atom. The summed E-state index contributed by atoms with van der Waals surface area (Å²) in [5.41, 5.74) is -0.434. The quantitative estimate of drug-likeness (QED) is 0.885. The maximum atomic E-state index is 10.6. The summed E-state index contributed by atoms with van der Waals surface area (Å²) < 4.78 is 0. The highest BCUT2D eigenvalue weighted by Gasteiger charge is 2.31. The molecule has 1 fully saturated rings. The van der Waals surface area contributed by atoms with E-state index in [2.05, 4.69) is 36.4 Å². The zero-order valence-corrected chi connectivity index (χ0v) is 12.4. The van der Waals surface area contributed by atoms with E-state index in [1.807, 2.05) is 11.3 Å². The minimum absolute atomic E-state index is 0.434. The second-order valence-corrected chi connectivity index (χ2v) is 6.86. The summed E-state index contributed by atoms with van der Waals surface area (Å²) in [5.74, 6) is 0. The average molecular weight is 267 g/mol. The third-order valence-corrected chi connectivity index (χ3v) is 5.06. The van der Waals surface area contributed by atoms with Gasteiger partial charge in [-0.1, -0.05) is 25.3 Å². The van der Waals surface area contributed by atoms with Crippen LogP contribution >= 0.6 is 11.3 Å². The van der Waals surface area contributed by atoms with E-state index in [9.17, 15) is 5.11 Å². The molecular formula is C15H25NOS. The number of nitrogens with zero attached hydrogens (tertiary/aromatic N) is 1. The highest BCUT2D eigenvalue weighted by atomic mass is 32.1. The fourth-order valence-electron chi connectivity index (χ4n) is 2.86. The van der Waals surface area contributed by atoms with Gasteiger partial charge in [-0.2, -0.15) is 0 Å². The van der Waals surface area contributed by atoms with Crippen LogP contribution in [-0.2, 0) is 6.42 Å². The molecule has 2 nitrogen and oxygen atoms in total. The average Bonchev–Trinajstić information content (AvgIpc) is 2.82. The molecule has 18 heavy (non-hydrogen) atoms. The standard InChI is InChI=1S/C15H25NOS/c1-13(11-14-7-6-10-18-14)16(2)12-15(17)8-4-3-5-9-15/h6-7,10,13,17H,3-5,8-9,11-12H2,1-2H3.